The lowest BCUT2D eigenvalue weighted by molar-refractivity contribution is -0.205. The second-order valence-corrected chi connectivity index (χ2v) is 7.27. The molecule has 128 valence electrons. The number of nitrogens with zero attached hydrogens (tertiary/aromatic N) is 4. The van der Waals surface area contributed by atoms with Crippen molar-refractivity contribution in [3.63, 3.8) is 0 Å². The summed E-state index contributed by atoms with van der Waals surface area (Å²) in [6, 6.07) is 3.90. The van der Waals surface area contributed by atoms with E-state index in [9.17, 15) is 4.79 Å². The molecule has 0 radical (unpaired) electrons. The molecule has 6 heteroatoms. The molecular formula is C18H24N4O2. The monoisotopic (exact) mass is 328 g/mol. The van der Waals surface area contributed by atoms with E-state index in [-0.39, 0.29) is 11.9 Å². The summed E-state index contributed by atoms with van der Waals surface area (Å²) in [5.74, 6) is 0.0834. The Kier molecular flexibility index (Phi) is 4.66. The van der Waals surface area contributed by atoms with Crippen molar-refractivity contribution >= 4 is 5.97 Å². The summed E-state index contributed by atoms with van der Waals surface area (Å²) < 4.78 is 2.00. The van der Waals surface area contributed by atoms with Crippen LogP contribution in [0.2, 0.25) is 0 Å². The van der Waals surface area contributed by atoms with Crippen molar-refractivity contribution < 1.29 is 9.63 Å². The normalized spacial score (nSPS) is 19.2. The van der Waals surface area contributed by atoms with Gasteiger partial charge in [0.2, 0.25) is 0 Å². The fraction of sp³-hybridized carbons (Fsp3) is 0.500. The minimum atomic E-state index is -0.490. The highest BCUT2D eigenvalue weighted by molar-refractivity contribution is 5.75. The molecule has 1 unspecified atom stereocenters. The summed E-state index contributed by atoms with van der Waals surface area (Å²) in [5.41, 5.74) is 1.58. The number of carbonyl (C=O) groups excluding carboxylic acids is 1. The van der Waals surface area contributed by atoms with Crippen molar-refractivity contribution in [1.29, 1.82) is 0 Å². The van der Waals surface area contributed by atoms with Crippen LogP contribution < -0.4 is 0 Å². The number of hydrogen-bond donors (Lipinski definition) is 0. The van der Waals surface area contributed by atoms with Crippen LogP contribution in [0.15, 0.2) is 37.1 Å². The van der Waals surface area contributed by atoms with Crippen LogP contribution in [0, 0.1) is 5.41 Å². The molecule has 0 spiro atoms. The Morgan fingerprint density at radius 3 is 2.75 bits per heavy atom. The molecule has 6 nitrogen and oxygen atoms in total. The smallest absolute Gasteiger partial charge is 0.330 e. The van der Waals surface area contributed by atoms with Crippen LogP contribution in [0.1, 0.15) is 45.2 Å². The molecule has 3 rings (SSSR count). The number of pyridine rings is 1. The van der Waals surface area contributed by atoms with E-state index in [4.69, 9.17) is 4.84 Å². The third-order valence-electron chi connectivity index (χ3n) is 4.19. The second-order valence-electron chi connectivity index (χ2n) is 7.27. The van der Waals surface area contributed by atoms with Crippen LogP contribution in [0.4, 0.5) is 0 Å². The van der Waals surface area contributed by atoms with Gasteiger partial charge in [0.1, 0.15) is 0 Å². The molecule has 24 heavy (non-hydrogen) atoms. The van der Waals surface area contributed by atoms with Gasteiger partial charge in [-0.15, -0.1) is 5.06 Å². The molecule has 1 aliphatic rings. The van der Waals surface area contributed by atoms with Gasteiger partial charge in [-0.1, -0.05) is 0 Å². The van der Waals surface area contributed by atoms with Crippen LogP contribution >= 0.6 is 0 Å². The first-order chi connectivity index (χ1) is 11.4. The zero-order valence-electron chi connectivity index (χ0n) is 14.5. The number of imidazole rings is 1. The van der Waals surface area contributed by atoms with E-state index < -0.39 is 5.41 Å². The summed E-state index contributed by atoms with van der Waals surface area (Å²) in [6.07, 6.45) is 9.45. The zero-order valence-corrected chi connectivity index (χ0v) is 14.5. The SMILES string of the molecule is CC(C)(C)C(=O)ON1CCCC(c2cn(-c3ccncc3)cn2)C1. The summed E-state index contributed by atoms with van der Waals surface area (Å²) in [5, 5.41) is 1.78. The van der Waals surface area contributed by atoms with Crippen LogP contribution in [-0.4, -0.2) is 38.7 Å². The number of piperidine rings is 1. The van der Waals surface area contributed by atoms with E-state index >= 15 is 0 Å². The van der Waals surface area contributed by atoms with Gasteiger partial charge in [0.15, 0.2) is 0 Å². The van der Waals surface area contributed by atoms with Crippen LogP contribution in [0.25, 0.3) is 5.69 Å². The maximum absolute atomic E-state index is 12.1. The molecule has 0 aromatic carbocycles. The Labute approximate surface area is 142 Å². The van der Waals surface area contributed by atoms with Crippen LogP contribution in [0.3, 0.4) is 0 Å². The third kappa shape index (κ3) is 3.82. The molecule has 0 aliphatic carbocycles. The molecule has 1 atom stereocenters. The number of hydrogen-bond acceptors (Lipinski definition) is 5. The highest BCUT2D eigenvalue weighted by Crippen LogP contribution is 2.27. The summed E-state index contributed by atoms with van der Waals surface area (Å²) >= 11 is 0. The Balaban J connectivity index is 1.67. The molecule has 0 bridgehead atoms. The fourth-order valence-electron chi connectivity index (χ4n) is 2.73. The molecule has 0 N–H and O–H groups in total. The lowest BCUT2D eigenvalue weighted by Gasteiger charge is -2.32. The van der Waals surface area contributed by atoms with Crippen molar-refractivity contribution in [1.82, 2.24) is 19.6 Å². The molecule has 1 fully saturated rings. The molecule has 0 saturated carbocycles. The zero-order chi connectivity index (χ0) is 17.2. The second kappa shape index (κ2) is 6.73. The number of carbonyl (C=O) groups is 1. The van der Waals surface area contributed by atoms with E-state index in [1.165, 1.54) is 0 Å². The number of hydroxylamine groups is 2. The van der Waals surface area contributed by atoms with Gasteiger partial charge < -0.3 is 9.40 Å². The Bertz CT molecular complexity index is 691. The Morgan fingerprint density at radius 1 is 1.29 bits per heavy atom. The van der Waals surface area contributed by atoms with E-state index in [2.05, 4.69) is 16.2 Å². The van der Waals surface area contributed by atoms with Gasteiger partial charge in [0.05, 0.1) is 17.4 Å². The molecular weight excluding hydrogens is 304 g/mol. The summed E-state index contributed by atoms with van der Waals surface area (Å²) in [4.78, 5) is 26.2. The fourth-order valence-corrected chi connectivity index (χ4v) is 2.73. The highest BCUT2D eigenvalue weighted by Gasteiger charge is 2.30. The van der Waals surface area contributed by atoms with Crippen LogP contribution in [0.5, 0.6) is 0 Å². The molecule has 2 aromatic rings. The summed E-state index contributed by atoms with van der Waals surface area (Å²) in [7, 11) is 0. The first-order valence-corrected chi connectivity index (χ1v) is 8.35. The molecule has 3 heterocycles. The largest absolute Gasteiger partial charge is 0.367 e. The topological polar surface area (TPSA) is 60.2 Å². The van der Waals surface area contributed by atoms with Gasteiger partial charge in [-0.25, -0.2) is 9.78 Å². The predicted molar refractivity (Wildman–Crippen MR) is 90.5 cm³/mol. The molecule has 2 aromatic heterocycles. The maximum Gasteiger partial charge on any atom is 0.330 e. The first kappa shape index (κ1) is 16.6. The lowest BCUT2D eigenvalue weighted by Crippen LogP contribution is -2.39. The standard InChI is InChI=1S/C18H24N4O2/c1-18(2,3)17(23)24-22-10-4-5-14(11-22)16-12-21(13-20-16)15-6-8-19-9-7-15/h6-9,12-14H,4-5,10-11H2,1-3H3. The van der Waals surface area contributed by atoms with Gasteiger partial charge >= 0.3 is 5.97 Å². The third-order valence-corrected chi connectivity index (χ3v) is 4.19. The Hall–Kier alpha value is -2.21. The van der Waals surface area contributed by atoms with Gasteiger partial charge in [-0.3, -0.25) is 4.98 Å². The molecule has 1 aliphatic heterocycles. The quantitative estimate of drug-likeness (QED) is 0.867. The number of aromatic nitrogens is 3. The minimum Gasteiger partial charge on any atom is -0.367 e. The lowest BCUT2D eigenvalue weighted by atomic mass is 9.96. The average Bonchev–Trinajstić information content (AvgIpc) is 3.05. The van der Waals surface area contributed by atoms with E-state index in [1.807, 2.05) is 43.8 Å². The van der Waals surface area contributed by atoms with Crippen molar-refractivity contribution in [2.24, 2.45) is 5.41 Å². The molecule has 0 amide bonds. The molecule has 1 saturated heterocycles. The minimum absolute atomic E-state index is 0.189. The van der Waals surface area contributed by atoms with Gasteiger partial charge in [-0.05, 0) is 45.7 Å². The van der Waals surface area contributed by atoms with Gasteiger partial charge in [0.25, 0.3) is 0 Å². The van der Waals surface area contributed by atoms with Crippen molar-refractivity contribution in [2.45, 2.75) is 39.5 Å². The Morgan fingerprint density at radius 2 is 2.04 bits per heavy atom. The van der Waals surface area contributed by atoms with Crippen molar-refractivity contribution in [2.75, 3.05) is 13.1 Å². The predicted octanol–water partition coefficient (Wildman–Crippen LogP) is 2.95. The van der Waals surface area contributed by atoms with Crippen LogP contribution in [-0.2, 0) is 9.63 Å². The maximum atomic E-state index is 12.1. The van der Waals surface area contributed by atoms with Crippen molar-refractivity contribution in [3.8, 4) is 5.69 Å². The van der Waals surface area contributed by atoms with E-state index in [0.29, 0.717) is 6.54 Å². The van der Waals surface area contributed by atoms with E-state index in [1.54, 1.807) is 17.5 Å². The van der Waals surface area contributed by atoms with Gasteiger partial charge in [-0.2, -0.15) is 0 Å². The van der Waals surface area contributed by atoms with Crippen molar-refractivity contribution in [3.05, 3.63) is 42.7 Å². The average molecular weight is 328 g/mol. The number of rotatable bonds is 3. The highest BCUT2D eigenvalue weighted by atomic mass is 16.7. The summed E-state index contributed by atoms with van der Waals surface area (Å²) in [6.45, 7) is 7.08. The first-order valence-electron chi connectivity index (χ1n) is 8.35. The van der Waals surface area contributed by atoms with E-state index in [0.717, 1.165) is 30.8 Å². The van der Waals surface area contributed by atoms with Gasteiger partial charge in [0, 0.05) is 43.3 Å².